The Kier molecular flexibility index (Phi) is 4.25. The maximum Gasteiger partial charge on any atom is 0.0642 e. The van der Waals surface area contributed by atoms with E-state index in [1.807, 2.05) is 18.2 Å². The van der Waals surface area contributed by atoms with Crippen molar-refractivity contribution in [3.8, 4) is 0 Å². The van der Waals surface area contributed by atoms with Crippen LogP contribution in [-0.2, 0) is 5.54 Å². The van der Waals surface area contributed by atoms with Crippen molar-refractivity contribution in [2.75, 3.05) is 0 Å². The number of nitrogens with two attached hydrogens (primary N) is 1. The summed E-state index contributed by atoms with van der Waals surface area (Å²) in [5, 5.41) is 1.23. The van der Waals surface area contributed by atoms with E-state index >= 15 is 0 Å². The normalized spacial score (nSPS) is 28.7. The average molecular weight is 286 g/mol. The van der Waals surface area contributed by atoms with Gasteiger partial charge < -0.3 is 5.73 Å². The molecule has 1 aliphatic rings. The number of halogens is 2. The molecule has 3 heteroatoms. The molecule has 0 aromatic heterocycles. The SMILES string of the molecule is CC(C)C1CCCC(N)(c2cccc(Cl)c2Cl)C1. The van der Waals surface area contributed by atoms with Gasteiger partial charge in [-0.05, 0) is 36.3 Å². The van der Waals surface area contributed by atoms with Gasteiger partial charge in [-0.3, -0.25) is 0 Å². The fraction of sp³-hybridized carbons (Fsp3) is 0.600. The minimum Gasteiger partial charge on any atom is -0.321 e. The standard InChI is InChI=1S/C15H21Cl2N/c1-10(2)11-5-4-8-15(18,9-11)12-6-3-7-13(16)14(12)17/h3,6-7,10-11H,4-5,8-9,18H2,1-2H3. The molecular formula is C15H21Cl2N. The summed E-state index contributed by atoms with van der Waals surface area (Å²) in [7, 11) is 0. The highest BCUT2D eigenvalue weighted by molar-refractivity contribution is 6.42. The van der Waals surface area contributed by atoms with Gasteiger partial charge in [0.2, 0.25) is 0 Å². The fourth-order valence-corrected chi connectivity index (χ4v) is 3.54. The summed E-state index contributed by atoms with van der Waals surface area (Å²) in [5.74, 6) is 1.35. The van der Waals surface area contributed by atoms with Gasteiger partial charge in [0, 0.05) is 5.54 Å². The Balaban J connectivity index is 2.33. The van der Waals surface area contributed by atoms with Crippen LogP contribution in [0.5, 0.6) is 0 Å². The molecule has 0 amide bonds. The van der Waals surface area contributed by atoms with Gasteiger partial charge in [-0.25, -0.2) is 0 Å². The van der Waals surface area contributed by atoms with Gasteiger partial charge in [-0.15, -0.1) is 0 Å². The van der Waals surface area contributed by atoms with Gasteiger partial charge in [0.1, 0.15) is 0 Å². The van der Waals surface area contributed by atoms with Crippen LogP contribution < -0.4 is 5.73 Å². The molecule has 18 heavy (non-hydrogen) atoms. The van der Waals surface area contributed by atoms with Gasteiger partial charge >= 0.3 is 0 Å². The zero-order valence-corrected chi connectivity index (χ0v) is 12.6. The molecule has 1 aliphatic carbocycles. The number of hydrogen-bond donors (Lipinski definition) is 1. The molecule has 0 aliphatic heterocycles. The van der Waals surface area contributed by atoms with E-state index < -0.39 is 0 Å². The monoisotopic (exact) mass is 285 g/mol. The molecule has 1 nitrogen and oxygen atoms in total. The molecule has 0 heterocycles. The molecular weight excluding hydrogens is 265 g/mol. The van der Waals surface area contributed by atoms with Crippen molar-refractivity contribution >= 4 is 23.2 Å². The second-order valence-electron chi connectivity index (χ2n) is 5.86. The van der Waals surface area contributed by atoms with Crippen molar-refractivity contribution in [3.63, 3.8) is 0 Å². The minimum absolute atomic E-state index is 0.310. The van der Waals surface area contributed by atoms with Crippen LogP contribution >= 0.6 is 23.2 Å². The summed E-state index contributed by atoms with van der Waals surface area (Å²) in [6.07, 6.45) is 4.44. The van der Waals surface area contributed by atoms with Crippen LogP contribution in [0.1, 0.15) is 45.1 Å². The van der Waals surface area contributed by atoms with E-state index in [9.17, 15) is 0 Å². The Bertz CT molecular complexity index is 431. The fourth-order valence-electron chi connectivity index (χ4n) is 3.05. The first kappa shape index (κ1) is 14.2. The summed E-state index contributed by atoms with van der Waals surface area (Å²) < 4.78 is 0. The van der Waals surface area contributed by atoms with Crippen LogP contribution in [0, 0.1) is 11.8 Å². The van der Waals surface area contributed by atoms with E-state index in [2.05, 4.69) is 13.8 Å². The quantitative estimate of drug-likeness (QED) is 0.814. The molecule has 2 N–H and O–H groups in total. The van der Waals surface area contributed by atoms with Crippen LogP contribution in [0.25, 0.3) is 0 Å². The van der Waals surface area contributed by atoms with Gasteiger partial charge in [0.15, 0.2) is 0 Å². The lowest BCUT2D eigenvalue weighted by Crippen LogP contribution is -2.42. The maximum absolute atomic E-state index is 6.64. The minimum atomic E-state index is -0.310. The Hall–Kier alpha value is -0.240. The third-order valence-corrected chi connectivity index (χ3v) is 5.07. The van der Waals surface area contributed by atoms with E-state index in [0.717, 1.165) is 18.4 Å². The maximum atomic E-state index is 6.64. The molecule has 0 spiro atoms. The number of rotatable bonds is 2. The molecule has 1 aromatic rings. The Morgan fingerprint density at radius 2 is 2.06 bits per heavy atom. The lowest BCUT2D eigenvalue weighted by Gasteiger charge is -2.40. The largest absolute Gasteiger partial charge is 0.321 e. The second-order valence-corrected chi connectivity index (χ2v) is 6.64. The van der Waals surface area contributed by atoms with Gasteiger partial charge in [0.25, 0.3) is 0 Å². The van der Waals surface area contributed by atoms with Crippen LogP contribution in [-0.4, -0.2) is 0 Å². The lowest BCUT2D eigenvalue weighted by atomic mass is 9.69. The summed E-state index contributed by atoms with van der Waals surface area (Å²) in [4.78, 5) is 0. The highest BCUT2D eigenvalue weighted by Crippen LogP contribution is 2.44. The molecule has 2 atom stereocenters. The second kappa shape index (κ2) is 5.40. The molecule has 1 aromatic carbocycles. The molecule has 0 bridgehead atoms. The molecule has 0 saturated heterocycles. The molecule has 0 radical (unpaired) electrons. The van der Waals surface area contributed by atoms with Crippen molar-refractivity contribution in [2.45, 2.75) is 45.1 Å². The molecule has 1 saturated carbocycles. The van der Waals surface area contributed by atoms with E-state index in [1.54, 1.807) is 0 Å². The third-order valence-electron chi connectivity index (χ3n) is 4.26. The third kappa shape index (κ3) is 2.68. The first-order valence-electron chi connectivity index (χ1n) is 6.67. The number of benzene rings is 1. The van der Waals surface area contributed by atoms with Crippen molar-refractivity contribution in [3.05, 3.63) is 33.8 Å². The van der Waals surface area contributed by atoms with Crippen molar-refractivity contribution < 1.29 is 0 Å². The highest BCUT2D eigenvalue weighted by atomic mass is 35.5. The summed E-state index contributed by atoms with van der Waals surface area (Å²) >= 11 is 12.4. The van der Waals surface area contributed by atoms with Gasteiger partial charge in [0.05, 0.1) is 10.0 Å². The predicted molar refractivity (Wildman–Crippen MR) is 79.1 cm³/mol. The van der Waals surface area contributed by atoms with Crippen molar-refractivity contribution in [1.29, 1.82) is 0 Å². The molecule has 1 fully saturated rings. The summed E-state index contributed by atoms with van der Waals surface area (Å²) in [5.41, 5.74) is 7.34. The van der Waals surface area contributed by atoms with Crippen molar-refractivity contribution in [2.24, 2.45) is 17.6 Å². The van der Waals surface area contributed by atoms with E-state index in [-0.39, 0.29) is 5.54 Å². The highest BCUT2D eigenvalue weighted by Gasteiger charge is 2.36. The average Bonchev–Trinajstić information content (AvgIpc) is 2.32. The first-order valence-corrected chi connectivity index (χ1v) is 7.43. The van der Waals surface area contributed by atoms with Crippen LogP contribution in [0.4, 0.5) is 0 Å². The smallest absolute Gasteiger partial charge is 0.0642 e. The Labute approximate surface area is 120 Å². The zero-order valence-electron chi connectivity index (χ0n) is 11.0. The van der Waals surface area contributed by atoms with Gasteiger partial charge in [-0.2, -0.15) is 0 Å². The Morgan fingerprint density at radius 3 is 2.72 bits per heavy atom. The van der Waals surface area contributed by atoms with Crippen LogP contribution in [0.3, 0.4) is 0 Å². The lowest BCUT2D eigenvalue weighted by molar-refractivity contribution is 0.184. The zero-order chi connectivity index (χ0) is 13.3. The summed E-state index contributed by atoms with van der Waals surface area (Å²) in [6, 6.07) is 5.79. The van der Waals surface area contributed by atoms with Gasteiger partial charge in [-0.1, -0.05) is 62.0 Å². The van der Waals surface area contributed by atoms with Crippen molar-refractivity contribution in [1.82, 2.24) is 0 Å². The molecule has 2 rings (SSSR count). The molecule has 100 valence electrons. The van der Waals surface area contributed by atoms with E-state index in [4.69, 9.17) is 28.9 Å². The van der Waals surface area contributed by atoms with E-state index in [0.29, 0.717) is 21.9 Å². The first-order chi connectivity index (χ1) is 8.44. The van der Waals surface area contributed by atoms with E-state index in [1.165, 1.54) is 12.8 Å². The summed E-state index contributed by atoms with van der Waals surface area (Å²) in [6.45, 7) is 4.55. The van der Waals surface area contributed by atoms with Crippen LogP contribution in [0.2, 0.25) is 10.0 Å². The van der Waals surface area contributed by atoms with Crippen LogP contribution in [0.15, 0.2) is 18.2 Å². The number of hydrogen-bond acceptors (Lipinski definition) is 1. The Morgan fingerprint density at radius 1 is 1.33 bits per heavy atom. The predicted octanol–water partition coefficient (Wildman–Crippen LogP) is 4.99. The topological polar surface area (TPSA) is 26.0 Å². The molecule has 2 unspecified atom stereocenters.